The molecule has 0 radical (unpaired) electrons. The van der Waals surface area contributed by atoms with Crippen LogP contribution in [0, 0.1) is 0 Å². The van der Waals surface area contributed by atoms with Gasteiger partial charge < -0.3 is 14.8 Å². The number of aliphatic hydroxyl groups excluding tert-OH is 1. The lowest BCUT2D eigenvalue weighted by Gasteiger charge is -2.05. The third kappa shape index (κ3) is 3.55. The van der Waals surface area contributed by atoms with Crippen LogP contribution in [0.4, 0.5) is 5.69 Å². The minimum Gasteiger partial charge on any atom is -0.463 e. The van der Waals surface area contributed by atoms with Crippen LogP contribution in [0.5, 0.6) is 0 Å². The molecule has 4 heteroatoms. The van der Waals surface area contributed by atoms with Crippen molar-refractivity contribution in [2.24, 2.45) is 0 Å². The summed E-state index contributed by atoms with van der Waals surface area (Å²) in [4.78, 5) is 0. The van der Waals surface area contributed by atoms with Crippen molar-refractivity contribution in [3.05, 3.63) is 53.5 Å². The van der Waals surface area contributed by atoms with Crippen molar-refractivity contribution in [1.82, 2.24) is 0 Å². The molecular formula is C14H17NO2S. The Morgan fingerprint density at radius 3 is 2.83 bits per heavy atom. The Morgan fingerprint density at radius 1 is 1.22 bits per heavy atom. The van der Waals surface area contributed by atoms with Crippen LogP contribution >= 0.6 is 11.8 Å². The van der Waals surface area contributed by atoms with E-state index < -0.39 is 0 Å². The maximum atomic E-state index is 9.06. The van der Waals surface area contributed by atoms with Gasteiger partial charge >= 0.3 is 0 Å². The molecule has 2 N–H and O–H groups in total. The van der Waals surface area contributed by atoms with E-state index >= 15 is 0 Å². The molecule has 0 fully saturated rings. The van der Waals surface area contributed by atoms with E-state index in [0.717, 1.165) is 28.5 Å². The summed E-state index contributed by atoms with van der Waals surface area (Å²) in [6.45, 7) is 0.720. The highest BCUT2D eigenvalue weighted by molar-refractivity contribution is 7.97. The number of thioether (sulfide) groups is 1. The number of hydrogen-bond donors (Lipinski definition) is 2. The van der Waals surface area contributed by atoms with Gasteiger partial charge in [-0.2, -0.15) is 11.8 Å². The van der Waals surface area contributed by atoms with Gasteiger partial charge in [0.05, 0.1) is 18.9 Å². The number of nitrogens with one attached hydrogen (secondary N) is 1. The van der Waals surface area contributed by atoms with E-state index in [2.05, 4.69) is 11.6 Å². The zero-order chi connectivity index (χ0) is 12.8. The topological polar surface area (TPSA) is 45.4 Å². The van der Waals surface area contributed by atoms with E-state index in [1.165, 1.54) is 0 Å². The van der Waals surface area contributed by atoms with E-state index in [1.54, 1.807) is 11.8 Å². The molecule has 3 nitrogen and oxygen atoms in total. The average Bonchev–Trinajstić information content (AvgIpc) is 2.85. The van der Waals surface area contributed by atoms with Crippen molar-refractivity contribution >= 4 is 17.4 Å². The lowest BCUT2D eigenvalue weighted by Crippen LogP contribution is -1.98. The van der Waals surface area contributed by atoms with Gasteiger partial charge in [-0.1, -0.05) is 12.1 Å². The second-order valence-electron chi connectivity index (χ2n) is 4.01. The van der Waals surface area contributed by atoms with E-state index in [4.69, 9.17) is 9.52 Å². The standard InChI is InChI=1S/C14H17NO2S/c1-18-10-14-6-5-13(17-14)8-15-12-4-2-3-11(7-12)9-16/h2-7,15-16H,8-10H2,1H3. The Labute approximate surface area is 111 Å². The van der Waals surface area contributed by atoms with E-state index in [1.807, 2.05) is 36.4 Å². The van der Waals surface area contributed by atoms with Crippen LogP contribution in [0.2, 0.25) is 0 Å². The van der Waals surface area contributed by atoms with Gasteiger partial charge in [0, 0.05) is 5.69 Å². The lowest BCUT2D eigenvalue weighted by molar-refractivity contribution is 0.282. The SMILES string of the molecule is CSCc1ccc(CNc2cccc(CO)c2)o1. The summed E-state index contributed by atoms with van der Waals surface area (Å²) in [6.07, 6.45) is 2.06. The van der Waals surface area contributed by atoms with E-state index in [9.17, 15) is 0 Å². The first kappa shape index (κ1) is 13.1. The first-order valence-corrected chi connectivity index (χ1v) is 7.21. The highest BCUT2D eigenvalue weighted by Gasteiger charge is 2.01. The molecular weight excluding hydrogens is 246 g/mol. The fourth-order valence-corrected chi connectivity index (χ4v) is 2.15. The first-order valence-electron chi connectivity index (χ1n) is 5.82. The van der Waals surface area contributed by atoms with E-state index in [0.29, 0.717) is 6.54 Å². The Hall–Kier alpha value is -1.39. The Kier molecular flexibility index (Phi) is 4.73. The van der Waals surface area contributed by atoms with E-state index in [-0.39, 0.29) is 6.61 Å². The van der Waals surface area contributed by atoms with Crippen LogP contribution in [-0.2, 0) is 18.9 Å². The summed E-state index contributed by atoms with van der Waals surface area (Å²) in [6, 6.07) is 11.7. The first-order chi connectivity index (χ1) is 8.81. The van der Waals surface area contributed by atoms with Crippen molar-refractivity contribution in [2.45, 2.75) is 18.9 Å². The van der Waals surface area contributed by atoms with Gasteiger partial charge in [-0.3, -0.25) is 0 Å². The lowest BCUT2D eigenvalue weighted by atomic mass is 10.2. The molecule has 96 valence electrons. The van der Waals surface area contributed by atoms with Crippen LogP contribution in [0.15, 0.2) is 40.8 Å². The molecule has 0 aliphatic rings. The van der Waals surface area contributed by atoms with Crippen molar-refractivity contribution in [1.29, 1.82) is 0 Å². The monoisotopic (exact) mass is 263 g/mol. The maximum Gasteiger partial charge on any atom is 0.123 e. The molecule has 0 unspecified atom stereocenters. The van der Waals surface area contributed by atoms with Crippen molar-refractivity contribution < 1.29 is 9.52 Å². The summed E-state index contributed by atoms with van der Waals surface area (Å²) < 4.78 is 5.67. The van der Waals surface area contributed by atoms with Gasteiger partial charge in [-0.25, -0.2) is 0 Å². The predicted molar refractivity (Wildman–Crippen MR) is 75.6 cm³/mol. The van der Waals surface area contributed by atoms with Crippen LogP contribution in [-0.4, -0.2) is 11.4 Å². The number of rotatable bonds is 6. The minimum atomic E-state index is 0.0636. The van der Waals surface area contributed by atoms with Gasteiger partial charge in [-0.05, 0) is 36.1 Å². The zero-order valence-corrected chi connectivity index (χ0v) is 11.2. The number of anilines is 1. The highest BCUT2D eigenvalue weighted by Crippen LogP contribution is 2.16. The molecule has 1 heterocycles. The van der Waals surface area contributed by atoms with Crippen LogP contribution in [0.3, 0.4) is 0 Å². The summed E-state index contributed by atoms with van der Waals surface area (Å²) in [5.74, 6) is 2.83. The molecule has 0 bridgehead atoms. The predicted octanol–water partition coefficient (Wildman–Crippen LogP) is 3.25. The van der Waals surface area contributed by atoms with Gasteiger partial charge in [0.2, 0.25) is 0 Å². The molecule has 1 aromatic heterocycles. The van der Waals surface area contributed by atoms with Gasteiger partial charge in [0.25, 0.3) is 0 Å². The zero-order valence-electron chi connectivity index (χ0n) is 10.3. The van der Waals surface area contributed by atoms with Gasteiger partial charge in [0.15, 0.2) is 0 Å². The summed E-state index contributed by atoms with van der Waals surface area (Å²) in [7, 11) is 0. The number of furan rings is 1. The van der Waals surface area contributed by atoms with Gasteiger partial charge in [-0.15, -0.1) is 0 Å². The molecule has 0 amide bonds. The third-order valence-corrected chi connectivity index (χ3v) is 3.15. The molecule has 0 saturated heterocycles. The number of aliphatic hydroxyl groups is 1. The van der Waals surface area contributed by atoms with Crippen molar-refractivity contribution in [3.63, 3.8) is 0 Å². The third-order valence-electron chi connectivity index (χ3n) is 2.58. The Morgan fingerprint density at radius 2 is 2.06 bits per heavy atom. The molecule has 0 aliphatic carbocycles. The van der Waals surface area contributed by atoms with Crippen LogP contribution in [0.1, 0.15) is 17.1 Å². The fourth-order valence-electron chi connectivity index (χ4n) is 1.71. The maximum absolute atomic E-state index is 9.06. The largest absolute Gasteiger partial charge is 0.463 e. The molecule has 2 aromatic rings. The quantitative estimate of drug-likeness (QED) is 0.840. The molecule has 1 aromatic carbocycles. The molecule has 0 aliphatic heterocycles. The molecule has 0 saturated carbocycles. The minimum absolute atomic E-state index is 0.0636. The van der Waals surface area contributed by atoms with Crippen LogP contribution < -0.4 is 5.32 Å². The smallest absolute Gasteiger partial charge is 0.123 e. The molecule has 2 rings (SSSR count). The average molecular weight is 263 g/mol. The number of benzene rings is 1. The Balaban J connectivity index is 1.93. The fraction of sp³-hybridized carbons (Fsp3) is 0.286. The second kappa shape index (κ2) is 6.52. The Bertz CT molecular complexity index is 496. The molecule has 18 heavy (non-hydrogen) atoms. The highest BCUT2D eigenvalue weighted by atomic mass is 32.2. The molecule has 0 atom stereocenters. The normalized spacial score (nSPS) is 10.6. The van der Waals surface area contributed by atoms with Gasteiger partial charge in [0.1, 0.15) is 11.5 Å². The summed E-state index contributed by atoms with van der Waals surface area (Å²) in [5, 5.41) is 12.3. The summed E-state index contributed by atoms with van der Waals surface area (Å²) >= 11 is 1.75. The van der Waals surface area contributed by atoms with Crippen LogP contribution in [0.25, 0.3) is 0 Å². The summed E-state index contributed by atoms with van der Waals surface area (Å²) in [5.41, 5.74) is 1.90. The number of hydrogen-bond acceptors (Lipinski definition) is 4. The van der Waals surface area contributed by atoms with Crippen molar-refractivity contribution in [3.8, 4) is 0 Å². The van der Waals surface area contributed by atoms with Crippen molar-refractivity contribution in [2.75, 3.05) is 11.6 Å². The molecule has 0 spiro atoms. The second-order valence-corrected chi connectivity index (χ2v) is 4.88.